The van der Waals surface area contributed by atoms with Gasteiger partial charge in [-0.05, 0) is 49.6 Å². The largest absolute Gasteiger partial charge is 0.497 e. The van der Waals surface area contributed by atoms with Crippen molar-refractivity contribution >= 4 is 27.7 Å². The molecule has 0 saturated heterocycles. The van der Waals surface area contributed by atoms with E-state index >= 15 is 0 Å². The lowest BCUT2D eigenvalue weighted by Crippen LogP contribution is -2.34. The number of hydrogen-bond acceptors (Lipinski definition) is 3. The van der Waals surface area contributed by atoms with Crippen molar-refractivity contribution in [1.82, 2.24) is 5.32 Å². The number of ether oxygens (including phenoxy) is 1. The monoisotopic (exact) mass is 371 g/mol. The Hall–Kier alpha value is -0.190. The molecule has 1 N–H and O–H groups in total. The van der Waals surface area contributed by atoms with Gasteiger partial charge in [0, 0.05) is 21.5 Å². The number of halogens is 1. The van der Waals surface area contributed by atoms with Crippen LogP contribution in [-0.4, -0.2) is 30.7 Å². The summed E-state index contributed by atoms with van der Waals surface area (Å²) in [5.41, 5.74) is 1.33. The molecule has 1 unspecified atom stereocenters. The summed E-state index contributed by atoms with van der Waals surface area (Å²) < 4.78 is 6.52. The maximum atomic E-state index is 5.35. The Bertz CT molecular complexity index is 435. The molecular weight excluding hydrogens is 346 g/mol. The molecule has 4 heteroatoms. The molecule has 118 valence electrons. The highest BCUT2D eigenvalue weighted by Crippen LogP contribution is 2.30. The van der Waals surface area contributed by atoms with Gasteiger partial charge in [-0.3, -0.25) is 0 Å². The zero-order valence-corrected chi connectivity index (χ0v) is 15.4. The van der Waals surface area contributed by atoms with Crippen molar-refractivity contribution in [3.05, 3.63) is 28.2 Å². The van der Waals surface area contributed by atoms with Crippen molar-refractivity contribution in [2.75, 3.05) is 19.4 Å². The molecule has 0 amide bonds. The van der Waals surface area contributed by atoms with E-state index in [1.165, 1.54) is 41.5 Å². The first-order valence-corrected chi connectivity index (χ1v) is 9.74. The molecule has 1 atom stereocenters. The van der Waals surface area contributed by atoms with Crippen LogP contribution in [0.4, 0.5) is 0 Å². The van der Waals surface area contributed by atoms with Gasteiger partial charge < -0.3 is 10.1 Å². The van der Waals surface area contributed by atoms with E-state index in [1.807, 2.05) is 6.07 Å². The van der Waals surface area contributed by atoms with Gasteiger partial charge >= 0.3 is 0 Å². The number of nitrogens with one attached hydrogen (secondary N) is 1. The molecule has 1 aromatic rings. The van der Waals surface area contributed by atoms with Crippen LogP contribution in [0, 0.1) is 0 Å². The van der Waals surface area contributed by atoms with Gasteiger partial charge in [0.2, 0.25) is 0 Å². The molecule has 2 rings (SSSR count). The van der Waals surface area contributed by atoms with Crippen LogP contribution in [0.25, 0.3) is 0 Å². The van der Waals surface area contributed by atoms with Gasteiger partial charge in [0.05, 0.1) is 7.11 Å². The van der Waals surface area contributed by atoms with Crippen LogP contribution in [0.3, 0.4) is 0 Å². The lowest BCUT2D eigenvalue weighted by Gasteiger charge is -2.20. The van der Waals surface area contributed by atoms with Crippen LogP contribution in [0.5, 0.6) is 5.75 Å². The summed E-state index contributed by atoms with van der Waals surface area (Å²) in [6.07, 6.45) is 6.71. The van der Waals surface area contributed by atoms with Crippen molar-refractivity contribution in [3.63, 3.8) is 0 Å². The average Bonchev–Trinajstić information content (AvgIpc) is 3.00. The summed E-state index contributed by atoms with van der Waals surface area (Å²) in [5, 5.41) is 4.53. The molecule has 2 nitrogen and oxygen atoms in total. The van der Waals surface area contributed by atoms with E-state index in [-0.39, 0.29) is 0 Å². The molecule has 0 bridgehead atoms. The van der Waals surface area contributed by atoms with E-state index in [9.17, 15) is 0 Å². The van der Waals surface area contributed by atoms with E-state index in [0.717, 1.165) is 24.0 Å². The molecule has 1 aromatic carbocycles. The summed E-state index contributed by atoms with van der Waals surface area (Å²) in [5.74, 6) is 2.13. The molecule has 0 aromatic heterocycles. The van der Waals surface area contributed by atoms with Crippen LogP contribution in [0.1, 0.15) is 38.2 Å². The third-order valence-electron chi connectivity index (χ3n) is 4.05. The van der Waals surface area contributed by atoms with Gasteiger partial charge in [-0.15, -0.1) is 0 Å². The molecule has 0 heterocycles. The summed E-state index contributed by atoms with van der Waals surface area (Å²) in [7, 11) is 1.73. The van der Waals surface area contributed by atoms with Crippen molar-refractivity contribution in [3.8, 4) is 5.75 Å². The molecule has 21 heavy (non-hydrogen) atoms. The van der Waals surface area contributed by atoms with Crippen molar-refractivity contribution in [2.24, 2.45) is 0 Å². The maximum Gasteiger partial charge on any atom is 0.119 e. The number of hydrogen-bond donors (Lipinski definition) is 1. The van der Waals surface area contributed by atoms with Gasteiger partial charge in [-0.25, -0.2) is 0 Å². The minimum absolute atomic E-state index is 0.531. The average molecular weight is 372 g/mol. The Morgan fingerprint density at radius 3 is 2.81 bits per heavy atom. The van der Waals surface area contributed by atoms with Gasteiger partial charge in [-0.2, -0.15) is 11.8 Å². The molecule has 1 aliphatic carbocycles. The highest BCUT2D eigenvalue weighted by atomic mass is 79.9. The maximum absolute atomic E-state index is 5.35. The van der Waals surface area contributed by atoms with Crippen LogP contribution >= 0.6 is 27.7 Å². The first kappa shape index (κ1) is 17.2. The van der Waals surface area contributed by atoms with Crippen LogP contribution in [0.2, 0.25) is 0 Å². The second kappa shape index (κ2) is 9.06. The predicted octanol–water partition coefficient (Wildman–Crippen LogP) is 4.65. The van der Waals surface area contributed by atoms with Crippen molar-refractivity contribution < 1.29 is 4.74 Å². The topological polar surface area (TPSA) is 21.3 Å². The zero-order chi connectivity index (χ0) is 15.1. The molecule has 0 radical (unpaired) electrons. The molecule has 1 aliphatic rings. The van der Waals surface area contributed by atoms with E-state index in [2.05, 4.69) is 52.1 Å². The van der Waals surface area contributed by atoms with E-state index in [1.54, 1.807) is 7.11 Å². The summed E-state index contributed by atoms with van der Waals surface area (Å²) in [4.78, 5) is 0. The van der Waals surface area contributed by atoms with Gasteiger partial charge in [0.15, 0.2) is 0 Å². The van der Waals surface area contributed by atoms with Crippen LogP contribution in [-0.2, 0) is 6.42 Å². The highest BCUT2D eigenvalue weighted by molar-refractivity contribution is 9.10. The summed E-state index contributed by atoms with van der Waals surface area (Å²) in [6.45, 7) is 3.21. The zero-order valence-electron chi connectivity index (χ0n) is 13.0. The normalized spacial score (nSPS) is 17.1. The smallest absolute Gasteiger partial charge is 0.119 e. The Kier molecular flexibility index (Phi) is 7.41. The molecule has 0 aliphatic heterocycles. The second-order valence-electron chi connectivity index (χ2n) is 5.66. The lowest BCUT2D eigenvalue weighted by atomic mass is 10.1. The molecule has 1 fully saturated rings. The second-order valence-corrected chi connectivity index (χ2v) is 7.84. The van der Waals surface area contributed by atoms with Crippen LogP contribution in [0.15, 0.2) is 22.7 Å². The standard InChI is InChI=1S/C17H26BrNOS/c1-3-19-14(12-21-16-6-4-5-7-16)10-13-11-15(20-2)8-9-17(13)18/h8-9,11,14,16,19H,3-7,10,12H2,1-2H3. The Morgan fingerprint density at radius 1 is 1.38 bits per heavy atom. The Balaban J connectivity index is 1.94. The fraction of sp³-hybridized carbons (Fsp3) is 0.647. The lowest BCUT2D eigenvalue weighted by molar-refractivity contribution is 0.414. The van der Waals surface area contributed by atoms with E-state index in [4.69, 9.17) is 4.74 Å². The quantitative estimate of drug-likeness (QED) is 0.718. The minimum atomic E-state index is 0.531. The minimum Gasteiger partial charge on any atom is -0.497 e. The number of methoxy groups -OCH3 is 1. The third-order valence-corrected chi connectivity index (χ3v) is 6.36. The fourth-order valence-corrected chi connectivity index (χ4v) is 4.70. The first-order chi connectivity index (χ1) is 10.2. The van der Waals surface area contributed by atoms with Crippen LogP contribution < -0.4 is 10.1 Å². The van der Waals surface area contributed by atoms with E-state index in [0.29, 0.717) is 6.04 Å². The SMILES string of the molecule is CCNC(CSC1CCCC1)Cc1cc(OC)ccc1Br. The van der Waals surface area contributed by atoms with Gasteiger partial charge in [-0.1, -0.05) is 35.7 Å². The van der Waals surface area contributed by atoms with Crippen molar-refractivity contribution in [1.29, 1.82) is 0 Å². The number of thioether (sulfide) groups is 1. The molecule has 0 spiro atoms. The summed E-state index contributed by atoms with van der Waals surface area (Å²) in [6, 6.07) is 6.77. The third kappa shape index (κ3) is 5.50. The predicted molar refractivity (Wildman–Crippen MR) is 96.6 cm³/mol. The Morgan fingerprint density at radius 2 is 2.14 bits per heavy atom. The first-order valence-electron chi connectivity index (χ1n) is 7.90. The Labute approximate surface area is 141 Å². The van der Waals surface area contributed by atoms with E-state index < -0.39 is 0 Å². The van der Waals surface area contributed by atoms with Gasteiger partial charge in [0.25, 0.3) is 0 Å². The summed E-state index contributed by atoms with van der Waals surface area (Å²) >= 11 is 5.82. The van der Waals surface area contributed by atoms with Crippen molar-refractivity contribution in [2.45, 2.75) is 50.3 Å². The number of benzene rings is 1. The highest BCUT2D eigenvalue weighted by Gasteiger charge is 2.18. The molecule has 1 saturated carbocycles. The number of rotatable bonds is 8. The van der Waals surface area contributed by atoms with Gasteiger partial charge in [0.1, 0.15) is 5.75 Å². The number of likely N-dealkylation sites (N-methyl/N-ethyl adjacent to an activating group) is 1. The molecular formula is C17H26BrNOS. The fourth-order valence-electron chi connectivity index (χ4n) is 2.89.